The molecule has 0 amide bonds. The molecule has 0 saturated heterocycles. The van der Waals surface area contributed by atoms with Gasteiger partial charge >= 0.3 is 5.97 Å². The van der Waals surface area contributed by atoms with Crippen molar-refractivity contribution in [3.8, 4) is 0 Å². The largest absolute Gasteiger partial charge is 0.421 e. The number of nitro benzene ring substituents is 1. The maximum absolute atomic E-state index is 13.8. The lowest BCUT2D eigenvalue weighted by molar-refractivity contribution is -0.387. The van der Waals surface area contributed by atoms with E-state index >= 15 is 0 Å². The molecule has 4 aromatic rings. The van der Waals surface area contributed by atoms with Gasteiger partial charge in [0.05, 0.1) is 15.4 Å². The van der Waals surface area contributed by atoms with E-state index in [1.165, 1.54) is 6.07 Å². The van der Waals surface area contributed by atoms with Gasteiger partial charge in [-0.2, -0.15) is 0 Å². The first-order valence-corrected chi connectivity index (χ1v) is 11.9. The van der Waals surface area contributed by atoms with Crippen LogP contribution in [0.4, 0.5) is 5.69 Å². The van der Waals surface area contributed by atoms with Crippen molar-refractivity contribution in [2.24, 2.45) is 0 Å². The molecular weight excluding hydrogens is 474 g/mol. The molecule has 36 heavy (non-hydrogen) atoms. The summed E-state index contributed by atoms with van der Waals surface area (Å²) >= 11 is 0.900. The number of hydrogen-bond acceptors (Lipinski definition) is 6. The molecule has 0 saturated carbocycles. The predicted molar refractivity (Wildman–Crippen MR) is 140 cm³/mol. The van der Waals surface area contributed by atoms with Crippen LogP contribution in [0.25, 0.3) is 5.76 Å². The second-order valence-corrected chi connectivity index (χ2v) is 8.85. The molecule has 0 fully saturated rings. The number of allylic oxidation sites excluding steroid dienone is 1. The van der Waals surface area contributed by atoms with Crippen LogP contribution in [0.3, 0.4) is 0 Å². The molecule has 0 heterocycles. The Morgan fingerprint density at radius 1 is 0.722 bits per heavy atom. The third-order valence-electron chi connectivity index (χ3n) is 5.24. The summed E-state index contributed by atoms with van der Waals surface area (Å²) in [5.74, 6) is -1.04. The maximum atomic E-state index is 13.8. The normalized spacial score (nSPS) is 11.4. The number of nitro groups is 1. The number of carbonyl (C=O) groups excluding carboxylic acids is 2. The Morgan fingerprint density at radius 2 is 1.28 bits per heavy atom. The van der Waals surface area contributed by atoms with Gasteiger partial charge in [0.25, 0.3) is 5.69 Å². The fourth-order valence-corrected chi connectivity index (χ4v) is 4.46. The number of ether oxygens (including phenoxy) is 1. The van der Waals surface area contributed by atoms with Gasteiger partial charge in [0, 0.05) is 17.2 Å². The summed E-state index contributed by atoms with van der Waals surface area (Å²) in [4.78, 5) is 38.4. The summed E-state index contributed by atoms with van der Waals surface area (Å²) in [6, 6.07) is 30.3. The highest BCUT2D eigenvalue weighted by Crippen LogP contribution is 2.40. The molecule has 0 spiro atoms. The molecule has 4 rings (SSSR count). The average molecular weight is 496 g/mol. The summed E-state index contributed by atoms with van der Waals surface area (Å²) in [6.45, 7) is 1.91. The zero-order valence-corrected chi connectivity index (χ0v) is 20.1. The van der Waals surface area contributed by atoms with Gasteiger partial charge in [0.15, 0.2) is 5.76 Å². The first-order chi connectivity index (χ1) is 17.4. The summed E-state index contributed by atoms with van der Waals surface area (Å²) in [7, 11) is 0. The van der Waals surface area contributed by atoms with Crippen molar-refractivity contribution in [3.05, 3.63) is 146 Å². The summed E-state index contributed by atoms with van der Waals surface area (Å²) < 4.78 is 5.87. The van der Waals surface area contributed by atoms with Crippen LogP contribution in [0, 0.1) is 17.0 Å². The van der Waals surface area contributed by atoms with E-state index in [2.05, 4.69) is 0 Å². The number of nitrogens with zero attached hydrogens (tertiary/aromatic N) is 1. The zero-order chi connectivity index (χ0) is 25.5. The Hall–Kier alpha value is -4.49. The van der Waals surface area contributed by atoms with Gasteiger partial charge < -0.3 is 4.74 Å². The molecule has 0 atom stereocenters. The van der Waals surface area contributed by atoms with Crippen LogP contribution in [0.15, 0.2) is 119 Å². The van der Waals surface area contributed by atoms with Crippen LogP contribution >= 0.6 is 11.8 Å². The van der Waals surface area contributed by atoms with Crippen LogP contribution in [-0.2, 0) is 4.74 Å². The molecule has 0 aliphatic heterocycles. The fourth-order valence-electron chi connectivity index (χ4n) is 3.39. The summed E-state index contributed by atoms with van der Waals surface area (Å²) in [5, 5.41) is 11.7. The van der Waals surface area contributed by atoms with Crippen LogP contribution in [-0.4, -0.2) is 16.7 Å². The number of esters is 1. The minimum absolute atomic E-state index is 0.0261. The molecule has 178 valence electrons. The maximum Gasteiger partial charge on any atom is 0.343 e. The van der Waals surface area contributed by atoms with E-state index in [4.69, 9.17) is 4.74 Å². The second-order valence-electron chi connectivity index (χ2n) is 7.80. The van der Waals surface area contributed by atoms with E-state index in [9.17, 15) is 19.7 Å². The molecular formula is C29H21NO5S. The second kappa shape index (κ2) is 11.3. The number of para-hydroxylation sites is 1. The standard InChI is InChI=1S/C29H21NO5S/c1-20-16-18-23(19-17-20)29(32)35-27(22-12-6-3-7-13-22)28(26(31)21-10-4-2-5-11-21)36-25-15-9-8-14-24(25)30(33)34/h2-19H,1H3/b28-27-. The topological polar surface area (TPSA) is 86.5 Å². The van der Waals surface area contributed by atoms with E-state index in [0.29, 0.717) is 16.7 Å². The van der Waals surface area contributed by atoms with Gasteiger partial charge in [-0.05, 0) is 25.1 Å². The van der Waals surface area contributed by atoms with Crippen molar-refractivity contribution in [2.75, 3.05) is 0 Å². The quantitative estimate of drug-likeness (QED) is 0.0493. The number of benzene rings is 4. The molecule has 0 aliphatic carbocycles. The number of thioether (sulfide) groups is 1. The molecule has 0 bridgehead atoms. The highest BCUT2D eigenvalue weighted by Gasteiger charge is 2.26. The molecule has 0 unspecified atom stereocenters. The minimum Gasteiger partial charge on any atom is -0.421 e. The highest BCUT2D eigenvalue weighted by molar-refractivity contribution is 8.04. The van der Waals surface area contributed by atoms with E-state index in [0.717, 1.165) is 17.3 Å². The van der Waals surface area contributed by atoms with Gasteiger partial charge in [-0.15, -0.1) is 0 Å². The number of hydrogen-bond donors (Lipinski definition) is 0. The lowest BCUT2D eigenvalue weighted by Gasteiger charge is -2.15. The Kier molecular flexibility index (Phi) is 7.72. The number of aryl methyl sites for hydroxylation is 1. The molecule has 0 N–H and O–H groups in total. The Balaban J connectivity index is 1.90. The van der Waals surface area contributed by atoms with Crippen LogP contribution < -0.4 is 0 Å². The summed E-state index contributed by atoms with van der Waals surface area (Å²) in [5.41, 5.74) is 1.99. The Bertz CT molecular complexity index is 1430. The van der Waals surface area contributed by atoms with E-state index < -0.39 is 16.7 Å². The van der Waals surface area contributed by atoms with Crippen molar-refractivity contribution < 1.29 is 19.2 Å². The predicted octanol–water partition coefficient (Wildman–Crippen LogP) is 7.10. The number of carbonyl (C=O) groups is 2. The highest BCUT2D eigenvalue weighted by atomic mass is 32.2. The Labute approximate surface area is 212 Å². The molecule has 0 aromatic heterocycles. The summed E-state index contributed by atoms with van der Waals surface area (Å²) in [6.07, 6.45) is 0. The van der Waals surface area contributed by atoms with Crippen molar-refractivity contribution in [3.63, 3.8) is 0 Å². The van der Waals surface area contributed by atoms with Gasteiger partial charge in [0.1, 0.15) is 4.91 Å². The number of Topliss-reactive ketones (excluding diaryl/α,β-unsaturated/α-hetero) is 1. The lowest BCUT2D eigenvalue weighted by atomic mass is 10.1. The van der Waals surface area contributed by atoms with Crippen molar-refractivity contribution in [1.82, 2.24) is 0 Å². The van der Waals surface area contributed by atoms with Crippen LogP contribution in [0.1, 0.15) is 31.8 Å². The fraction of sp³-hybridized carbons (Fsp3) is 0.0345. The number of ketones is 1. The van der Waals surface area contributed by atoms with Crippen LogP contribution in [0.2, 0.25) is 0 Å². The van der Waals surface area contributed by atoms with Crippen molar-refractivity contribution >= 4 is 35.0 Å². The first-order valence-electron chi connectivity index (χ1n) is 11.0. The lowest BCUT2D eigenvalue weighted by Crippen LogP contribution is -2.11. The van der Waals surface area contributed by atoms with E-state index in [1.54, 1.807) is 103 Å². The van der Waals surface area contributed by atoms with Gasteiger partial charge in [-0.25, -0.2) is 4.79 Å². The monoisotopic (exact) mass is 495 g/mol. The third-order valence-corrected chi connectivity index (χ3v) is 6.38. The van der Waals surface area contributed by atoms with Gasteiger partial charge in [-0.3, -0.25) is 14.9 Å². The van der Waals surface area contributed by atoms with Crippen molar-refractivity contribution in [2.45, 2.75) is 11.8 Å². The molecule has 0 radical (unpaired) electrons. The third kappa shape index (κ3) is 5.76. The molecule has 7 heteroatoms. The SMILES string of the molecule is Cc1ccc(C(=O)O/C(=C(\Sc2ccccc2[N+](=O)[O-])C(=O)c2ccccc2)c2ccccc2)cc1. The van der Waals surface area contributed by atoms with E-state index in [1.807, 2.05) is 6.92 Å². The Morgan fingerprint density at radius 3 is 1.89 bits per heavy atom. The average Bonchev–Trinajstić information content (AvgIpc) is 2.91. The zero-order valence-electron chi connectivity index (χ0n) is 19.3. The van der Waals surface area contributed by atoms with Crippen molar-refractivity contribution in [1.29, 1.82) is 0 Å². The molecule has 6 nitrogen and oxygen atoms in total. The first kappa shape index (κ1) is 24.6. The molecule has 0 aliphatic rings. The minimum atomic E-state index is -0.643. The smallest absolute Gasteiger partial charge is 0.343 e. The van der Waals surface area contributed by atoms with E-state index in [-0.39, 0.29) is 21.2 Å². The van der Waals surface area contributed by atoms with Crippen LogP contribution in [0.5, 0.6) is 0 Å². The molecule has 4 aromatic carbocycles. The van der Waals surface area contributed by atoms with Gasteiger partial charge in [0.2, 0.25) is 5.78 Å². The van der Waals surface area contributed by atoms with Gasteiger partial charge in [-0.1, -0.05) is 102 Å². The number of rotatable bonds is 8.